The number of nitrogens with one attached hydrogen (secondary N) is 2. The maximum absolute atomic E-state index is 6.07. The number of aromatic nitrogens is 2. The molecule has 5 nitrogen and oxygen atoms in total. The number of hydrogen-bond acceptors (Lipinski definition) is 5. The van der Waals surface area contributed by atoms with E-state index in [4.69, 9.17) is 27.6 Å². The third kappa shape index (κ3) is 4.10. The van der Waals surface area contributed by atoms with Crippen LogP contribution in [0.5, 0.6) is 0 Å². The smallest absolute Gasteiger partial charge is 0.320 e. The van der Waals surface area contributed by atoms with E-state index in [2.05, 4.69) is 34.7 Å². The van der Waals surface area contributed by atoms with Crippen LogP contribution in [-0.4, -0.2) is 16.7 Å². The molecule has 0 saturated heterocycles. The number of hydrogen-bond donors (Lipinski definition) is 2. The Bertz CT molecular complexity index is 571. The number of rotatable bonds is 6. The first kappa shape index (κ1) is 15.1. The Morgan fingerprint density at radius 3 is 2.80 bits per heavy atom. The van der Waals surface area contributed by atoms with Crippen molar-refractivity contribution in [3.63, 3.8) is 0 Å². The van der Waals surface area contributed by atoms with E-state index in [9.17, 15) is 0 Å². The number of halogens is 2. The van der Waals surface area contributed by atoms with Crippen LogP contribution in [0.25, 0.3) is 0 Å². The summed E-state index contributed by atoms with van der Waals surface area (Å²) < 4.78 is 5.47. The normalized spacial score (nSPS) is 11.1. The highest BCUT2D eigenvalue weighted by molar-refractivity contribution is 6.43. The first-order valence-electron chi connectivity index (χ1n) is 6.30. The minimum atomic E-state index is 0.288. The van der Waals surface area contributed by atoms with E-state index in [1.807, 2.05) is 0 Å². The van der Waals surface area contributed by atoms with Gasteiger partial charge in [0.15, 0.2) is 0 Å². The fourth-order valence-corrected chi connectivity index (χ4v) is 1.91. The summed E-state index contributed by atoms with van der Waals surface area (Å²) in [4.78, 5) is 0. The molecular formula is C13H16Cl2N4O. The van der Waals surface area contributed by atoms with Gasteiger partial charge in [-0.15, -0.1) is 5.10 Å². The molecule has 2 rings (SSSR count). The molecule has 20 heavy (non-hydrogen) atoms. The molecule has 1 aromatic carbocycles. The van der Waals surface area contributed by atoms with Gasteiger partial charge >= 0.3 is 6.01 Å². The molecule has 0 unspecified atom stereocenters. The average molecular weight is 315 g/mol. The third-order valence-electron chi connectivity index (χ3n) is 2.49. The summed E-state index contributed by atoms with van der Waals surface area (Å²) in [6.45, 7) is 5.70. The molecule has 0 spiro atoms. The Labute approximate surface area is 127 Å². The third-order valence-corrected chi connectivity index (χ3v) is 3.31. The lowest BCUT2D eigenvalue weighted by Gasteiger charge is -2.05. The van der Waals surface area contributed by atoms with Crippen molar-refractivity contribution in [2.45, 2.75) is 20.4 Å². The van der Waals surface area contributed by atoms with Crippen molar-refractivity contribution in [1.82, 2.24) is 15.5 Å². The summed E-state index contributed by atoms with van der Waals surface area (Å²) in [6, 6.07) is 5.58. The summed E-state index contributed by atoms with van der Waals surface area (Å²) >= 11 is 12.0. The molecule has 0 radical (unpaired) electrons. The molecule has 1 heterocycles. The Balaban J connectivity index is 1.97. The quantitative estimate of drug-likeness (QED) is 0.847. The molecular weight excluding hydrogens is 299 g/mol. The molecule has 0 fully saturated rings. The molecule has 0 aliphatic carbocycles. The monoisotopic (exact) mass is 314 g/mol. The standard InChI is InChI=1S/C13H16Cl2N4O/c1-8(2)6-16-7-11-18-19-13(20-11)17-10-5-3-4-9(14)12(10)15/h3-5,8,16H,6-7H2,1-2H3,(H,17,19). The highest BCUT2D eigenvalue weighted by Gasteiger charge is 2.09. The van der Waals surface area contributed by atoms with Crippen LogP contribution in [0.15, 0.2) is 22.6 Å². The topological polar surface area (TPSA) is 63.0 Å². The molecule has 0 amide bonds. The second-order valence-corrected chi connectivity index (χ2v) is 5.54. The van der Waals surface area contributed by atoms with Gasteiger partial charge in [0.05, 0.1) is 22.3 Å². The Morgan fingerprint density at radius 1 is 1.25 bits per heavy atom. The maximum Gasteiger partial charge on any atom is 0.320 e. The zero-order valence-electron chi connectivity index (χ0n) is 11.3. The molecule has 1 aromatic heterocycles. The molecule has 0 aliphatic rings. The Kier molecular flexibility index (Phi) is 5.23. The molecule has 0 bridgehead atoms. The van der Waals surface area contributed by atoms with Crippen LogP contribution in [0.1, 0.15) is 19.7 Å². The molecule has 0 aliphatic heterocycles. The number of nitrogens with zero attached hydrogens (tertiary/aromatic N) is 2. The van der Waals surface area contributed by atoms with Gasteiger partial charge in [0.25, 0.3) is 0 Å². The van der Waals surface area contributed by atoms with E-state index >= 15 is 0 Å². The summed E-state index contributed by atoms with van der Waals surface area (Å²) in [5, 5.41) is 14.9. The largest absolute Gasteiger partial charge is 0.406 e. The lowest BCUT2D eigenvalue weighted by molar-refractivity contribution is 0.460. The molecule has 7 heteroatoms. The van der Waals surface area contributed by atoms with Gasteiger partial charge in [0.1, 0.15) is 0 Å². The van der Waals surface area contributed by atoms with Crippen LogP contribution in [0.4, 0.5) is 11.7 Å². The van der Waals surface area contributed by atoms with Crippen molar-refractivity contribution in [1.29, 1.82) is 0 Å². The minimum absolute atomic E-state index is 0.288. The predicted octanol–water partition coefficient (Wildman–Crippen LogP) is 3.87. The number of benzene rings is 1. The maximum atomic E-state index is 6.07. The van der Waals surface area contributed by atoms with Crippen LogP contribution in [-0.2, 0) is 6.54 Å². The van der Waals surface area contributed by atoms with Crippen molar-refractivity contribution in [3.8, 4) is 0 Å². The van der Waals surface area contributed by atoms with Crippen LogP contribution in [0, 0.1) is 5.92 Å². The first-order chi connectivity index (χ1) is 9.56. The van der Waals surface area contributed by atoms with Crippen molar-refractivity contribution in [2.24, 2.45) is 5.92 Å². The molecule has 0 atom stereocenters. The second kappa shape index (κ2) is 6.92. The van der Waals surface area contributed by atoms with Crippen molar-refractivity contribution in [3.05, 3.63) is 34.1 Å². The van der Waals surface area contributed by atoms with Gasteiger partial charge in [-0.05, 0) is 24.6 Å². The van der Waals surface area contributed by atoms with Crippen LogP contribution < -0.4 is 10.6 Å². The first-order valence-corrected chi connectivity index (χ1v) is 7.06. The van der Waals surface area contributed by atoms with Gasteiger partial charge < -0.3 is 15.1 Å². The van der Waals surface area contributed by atoms with E-state index in [1.165, 1.54) is 0 Å². The van der Waals surface area contributed by atoms with Gasteiger partial charge in [0.2, 0.25) is 5.89 Å². The van der Waals surface area contributed by atoms with E-state index < -0.39 is 0 Å². The van der Waals surface area contributed by atoms with Gasteiger partial charge in [-0.2, -0.15) is 0 Å². The van der Waals surface area contributed by atoms with Crippen molar-refractivity contribution in [2.75, 3.05) is 11.9 Å². The lowest BCUT2D eigenvalue weighted by atomic mass is 10.2. The molecule has 2 N–H and O–H groups in total. The van der Waals surface area contributed by atoms with Gasteiger partial charge in [0, 0.05) is 0 Å². The van der Waals surface area contributed by atoms with Gasteiger partial charge in [-0.1, -0.05) is 48.2 Å². The van der Waals surface area contributed by atoms with E-state index in [1.54, 1.807) is 18.2 Å². The van der Waals surface area contributed by atoms with E-state index in [-0.39, 0.29) is 6.01 Å². The SMILES string of the molecule is CC(C)CNCc1nnc(Nc2cccc(Cl)c2Cl)o1. The summed E-state index contributed by atoms with van der Waals surface area (Å²) in [5.41, 5.74) is 0.629. The van der Waals surface area contributed by atoms with E-state index in [0.29, 0.717) is 34.1 Å². The Morgan fingerprint density at radius 2 is 2.05 bits per heavy atom. The van der Waals surface area contributed by atoms with Crippen LogP contribution >= 0.6 is 23.2 Å². The molecule has 2 aromatic rings. The average Bonchev–Trinajstić information content (AvgIpc) is 2.82. The van der Waals surface area contributed by atoms with Crippen LogP contribution in [0.3, 0.4) is 0 Å². The summed E-state index contributed by atoms with van der Waals surface area (Å²) in [6.07, 6.45) is 0. The summed E-state index contributed by atoms with van der Waals surface area (Å²) in [5.74, 6) is 1.09. The van der Waals surface area contributed by atoms with Crippen molar-refractivity contribution < 1.29 is 4.42 Å². The zero-order valence-corrected chi connectivity index (χ0v) is 12.8. The zero-order chi connectivity index (χ0) is 14.5. The predicted molar refractivity (Wildman–Crippen MR) is 80.6 cm³/mol. The fraction of sp³-hybridized carbons (Fsp3) is 0.385. The molecule has 108 valence electrons. The fourth-order valence-electron chi connectivity index (χ4n) is 1.56. The number of anilines is 2. The molecule has 0 saturated carbocycles. The minimum Gasteiger partial charge on any atom is -0.406 e. The lowest BCUT2D eigenvalue weighted by Crippen LogP contribution is -2.19. The van der Waals surface area contributed by atoms with Gasteiger partial charge in [-0.25, -0.2) is 0 Å². The highest BCUT2D eigenvalue weighted by atomic mass is 35.5. The summed E-state index contributed by atoms with van der Waals surface area (Å²) in [7, 11) is 0. The van der Waals surface area contributed by atoms with E-state index in [0.717, 1.165) is 6.54 Å². The highest BCUT2D eigenvalue weighted by Crippen LogP contribution is 2.31. The second-order valence-electron chi connectivity index (χ2n) is 4.75. The van der Waals surface area contributed by atoms with Crippen molar-refractivity contribution >= 4 is 34.9 Å². The van der Waals surface area contributed by atoms with Crippen LogP contribution in [0.2, 0.25) is 10.0 Å². The van der Waals surface area contributed by atoms with Gasteiger partial charge in [-0.3, -0.25) is 0 Å². The Hall–Kier alpha value is -1.30.